The van der Waals surface area contributed by atoms with Crippen LogP contribution < -0.4 is 21.7 Å². The summed E-state index contributed by atoms with van der Waals surface area (Å²) in [6.07, 6.45) is 1.83. The number of primary amides is 1. The van der Waals surface area contributed by atoms with Crippen LogP contribution in [-0.4, -0.2) is 114 Å². The number of carbonyl (C=O) groups is 4. The van der Waals surface area contributed by atoms with Gasteiger partial charge in [0.1, 0.15) is 12.1 Å². The topological polar surface area (TPSA) is 194 Å². The fourth-order valence-electron chi connectivity index (χ4n) is 7.38. The van der Waals surface area contributed by atoms with Crippen LogP contribution in [0, 0.1) is 34.0 Å². The quantitative estimate of drug-likeness (QED) is 0.211. The van der Waals surface area contributed by atoms with Crippen LogP contribution in [0.15, 0.2) is 0 Å². The minimum atomic E-state index is -3.62. The largest absolute Gasteiger partial charge is 0.381 e. The second kappa shape index (κ2) is 13.1. The van der Waals surface area contributed by atoms with E-state index in [0.717, 1.165) is 19.3 Å². The van der Waals surface area contributed by atoms with E-state index in [2.05, 4.69) is 29.8 Å². The van der Waals surface area contributed by atoms with E-state index >= 15 is 0 Å². The Balaban J connectivity index is 1.52. The fourth-order valence-corrected chi connectivity index (χ4v) is 8.74. The van der Waals surface area contributed by atoms with Gasteiger partial charge < -0.3 is 31.7 Å². The lowest BCUT2D eigenvalue weighted by atomic mass is 9.79. The summed E-state index contributed by atoms with van der Waals surface area (Å²) in [6, 6.07) is -3.90. The summed E-state index contributed by atoms with van der Waals surface area (Å²) >= 11 is 0. The summed E-state index contributed by atoms with van der Waals surface area (Å²) in [4.78, 5) is 55.4. The number of amides is 5. The number of hydrogen-bond donors (Lipinski definition) is 5. The normalized spacial score (nSPS) is 28.4. The van der Waals surface area contributed by atoms with Crippen molar-refractivity contribution in [3.8, 4) is 0 Å². The third-order valence-electron chi connectivity index (χ3n) is 11.1. The second-order valence-electron chi connectivity index (χ2n) is 16.9. The number of nitrogens with zero attached hydrogens (tertiary/aromatic N) is 3. The van der Waals surface area contributed by atoms with Crippen molar-refractivity contribution >= 4 is 34.0 Å². The van der Waals surface area contributed by atoms with Crippen molar-refractivity contribution in [2.75, 3.05) is 33.2 Å². The molecule has 1 unspecified atom stereocenters. The van der Waals surface area contributed by atoms with Crippen LogP contribution in [0.3, 0.4) is 0 Å². The van der Waals surface area contributed by atoms with Crippen LogP contribution in [0.25, 0.3) is 0 Å². The Hall–Kier alpha value is -2.49. The van der Waals surface area contributed by atoms with Gasteiger partial charge in [-0.3, -0.25) is 14.4 Å². The number of fused-ring (bicyclic) bond motifs is 1. The first-order valence-corrected chi connectivity index (χ1v) is 18.2. The smallest absolute Gasteiger partial charge is 0.315 e. The molecule has 2 aliphatic carbocycles. The molecule has 2 aliphatic heterocycles. The first-order chi connectivity index (χ1) is 21.5. The van der Waals surface area contributed by atoms with E-state index in [1.54, 1.807) is 0 Å². The molecule has 0 spiro atoms. The van der Waals surface area contributed by atoms with Crippen molar-refractivity contribution in [1.29, 1.82) is 0 Å². The predicted octanol–water partition coefficient (Wildman–Crippen LogP) is 0.611. The number of urea groups is 1. The number of rotatable bonds is 11. The summed E-state index contributed by atoms with van der Waals surface area (Å²) in [5.41, 5.74) is 3.99. The van der Waals surface area contributed by atoms with Crippen molar-refractivity contribution < 1.29 is 32.7 Å². The zero-order chi connectivity index (χ0) is 35.4. The van der Waals surface area contributed by atoms with E-state index in [1.165, 1.54) is 20.6 Å². The Morgan fingerprint density at radius 3 is 2.06 bits per heavy atom. The lowest BCUT2D eigenvalue weighted by Gasteiger charge is -2.39. The van der Waals surface area contributed by atoms with Crippen LogP contribution in [0.1, 0.15) is 81.1 Å². The lowest BCUT2D eigenvalue weighted by molar-refractivity contribution is -0.144. The van der Waals surface area contributed by atoms with E-state index < -0.39 is 75.1 Å². The van der Waals surface area contributed by atoms with E-state index in [-0.39, 0.29) is 29.7 Å². The molecule has 0 aromatic heterocycles. The van der Waals surface area contributed by atoms with E-state index in [0.29, 0.717) is 26.1 Å². The van der Waals surface area contributed by atoms with Crippen LogP contribution >= 0.6 is 0 Å². The van der Waals surface area contributed by atoms with Gasteiger partial charge in [0, 0.05) is 39.3 Å². The third kappa shape index (κ3) is 7.73. The molecule has 0 aromatic rings. The third-order valence-corrected chi connectivity index (χ3v) is 13.0. The molecule has 5 amide bonds. The molecule has 2 saturated carbocycles. The van der Waals surface area contributed by atoms with Gasteiger partial charge in [-0.2, -0.15) is 17.0 Å². The van der Waals surface area contributed by atoms with Gasteiger partial charge in [-0.15, -0.1) is 0 Å². The number of aliphatic hydroxyl groups excluding tert-OH is 1. The Kier molecular flexibility index (Phi) is 10.4. The maximum atomic E-state index is 14.4. The number of carbonyl (C=O) groups excluding carboxylic acids is 4. The molecule has 0 bridgehead atoms. The van der Waals surface area contributed by atoms with Gasteiger partial charge in [0.25, 0.3) is 10.2 Å². The number of aliphatic hydroxyl groups is 1. The first-order valence-electron chi connectivity index (χ1n) is 16.8. The van der Waals surface area contributed by atoms with Crippen molar-refractivity contribution in [2.45, 2.75) is 111 Å². The zero-order valence-corrected chi connectivity index (χ0v) is 30.3. The minimum absolute atomic E-state index is 0.0731. The first kappa shape index (κ1) is 37.3. The molecule has 15 heteroatoms. The average Bonchev–Trinajstić information content (AvgIpc) is 3.18. The lowest BCUT2D eigenvalue weighted by Crippen LogP contribution is -2.63. The van der Waals surface area contributed by atoms with Crippen LogP contribution in [0.2, 0.25) is 0 Å². The Labute approximate surface area is 280 Å². The van der Waals surface area contributed by atoms with Gasteiger partial charge in [-0.25, -0.2) is 4.79 Å². The molecule has 0 radical (unpaired) electrons. The number of nitrogens with two attached hydrogens (primary N) is 1. The maximum Gasteiger partial charge on any atom is 0.315 e. The Morgan fingerprint density at radius 2 is 1.60 bits per heavy atom. The van der Waals surface area contributed by atoms with Crippen LogP contribution in [0.4, 0.5) is 4.79 Å². The molecule has 0 aromatic carbocycles. The number of hydrogen-bond acceptors (Lipinski definition) is 7. The highest BCUT2D eigenvalue weighted by Crippen LogP contribution is 2.65. The van der Waals surface area contributed by atoms with Gasteiger partial charge in [0.15, 0.2) is 6.10 Å². The van der Waals surface area contributed by atoms with Crippen molar-refractivity contribution in [3.05, 3.63) is 0 Å². The number of nitrogens with one attached hydrogen (secondary N) is 3. The molecule has 2 heterocycles. The molecule has 4 aliphatic rings. The van der Waals surface area contributed by atoms with E-state index in [9.17, 15) is 32.7 Å². The second-order valence-corrected chi connectivity index (χ2v) is 18.9. The van der Waals surface area contributed by atoms with Gasteiger partial charge in [-0.05, 0) is 40.4 Å². The molecule has 268 valence electrons. The molecule has 2 saturated heterocycles. The summed E-state index contributed by atoms with van der Waals surface area (Å²) < 4.78 is 28.1. The number of piperidine rings is 1. The molecule has 14 nitrogen and oxygen atoms in total. The Bertz CT molecular complexity index is 1340. The summed E-state index contributed by atoms with van der Waals surface area (Å²) in [6.45, 7) is 16.4. The SMILES string of the molecule is CN1CCN(C[C@@H](NC(=O)N[C@H](C(=O)N2C[C@H]3[C@@H]([C@H]2C(=O)N[C@H](CC2CCC2)C(O)C(N)=O)C3(C)C)C(C)(C)C)C(C)(C)C)S1(=O)=O. The van der Waals surface area contributed by atoms with E-state index in [1.807, 2.05) is 41.5 Å². The monoisotopic (exact) mass is 683 g/mol. The highest BCUT2D eigenvalue weighted by atomic mass is 32.2. The number of likely N-dealkylation sites (N-methyl/N-ethyl adjacent to an activating group) is 1. The zero-order valence-electron chi connectivity index (χ0n) is 29.5. The van der Waals surface area contributed by atoms with Crippen molar-refractivity contribution in [3.63, 3.8) is 0 Å². The van der Waals surface area contributed by atoms with Crippen molar-refractivity contribution in [1.82, 2.24) is 29.5 Å². The van der Waals surface area contributed by atoms with Gasteiger partial charge in [0.05, 0.1) is 6.04 Å². The van der Waals surface area contributed by atoms with Crippen LogP contribution in [0.5, 0.6) is 0 Å². The minimum Gasteiger partial charge on any atom is -0.381 e. The van der Waals surface area contributed by atoms with E-state index in [4.69, 9.17) is 5.73 Å². The molecular weight excluding hydrogens is 626 g/mol. The van der Waals surface area contributed by atoms with Gasteiger partial charge in [-0.1, -0.05) is 74.7 Å². The fraction of sp³-hybridized carbons (Fsp3) is 0.875. The highest BCUT2D eigenvalue weighted by molar-refractivity contribution is 7.87. The predicted molar refractivity (Wildman–Crippen MR) is 177 cm³/mol. The summed E-state index contributed by atoms with van der Waals surface area (Å²) in [5.74, 6) is -1.53. The molecule has 4 rings (SSSR count). The molecule has 6 N–H and O–H groups in total. The molecule has 4 fully saturated rings. The van der Waals surface area contributed by atoms with Crippen molar-refractivity contribution in [2.24, 2.45) is 39.7 Å². The summed E-state index contributed by atoms with van der Waals surface area (Å²) in [7, 11) is -2.10. The molecule has 7 atom stereocenters. The van der Waals surface area contributed by atoms with Crippen LogP contribution in [-0.2, 0) is 24.6 Å². The Morgan fingerprint density at radius 1 is 0.979 bits per heavy atom. The standard InChI is InChI=1S/C32H57N7O7S/c1-30(2,3)21(17-38-14-13-37(9)47(38,45)46)35-29(44)36-25(31(4,5)6)28(43)39-16-19-22(32(19,7)8)23(39)27(42)34-20(24(40)26(33)41)15-18-11-10-12-18/h18-25,40H,10-17H2,1-9H3,(H2,33,41)(H,34,42)(H2,35,36,44)/t19-,20+,21+,22-,23-,24?,25+/m0/s1. The highest BCUT2D eigenvalue weighted by Gasteiger charge is 2.70. The maximum absolute atomic E-state index is 14.4. The van der Waals surface area contributed by atoms with Gasteiger partial charge in [0.2, 0.25) is 17.7 Å². The number of likely N-dealkylation sites (tertiary alicyclic amines) is 1. The molecular formula is C32H57N7O7S. The average molecular weight is 684 g/mol. The summed E-state index contributed by atoms with van der Waals surface area (Å²) in [5, 5.41) is 19.3. The van der Waals surface area contributed by atoms with Gasteiger partial charge >= 0.3 is 6.03 Å². The molecule has 47 heavy (non-hydrogen) atoms.